The molecule has 1 N–H and O–H groups in total. The van der Waals surface area contributed by atoms with Crippen molar-refractivity contribution in [3.63, 3.8) is 0 Å². The molecular formula is C30H32O4. The zero-order chi connectivity index (χ0) is 23.9. The summed E-state index contributed by atoms with van der Waals surface area (Å²) < 4.78 is 0. The van der Waals surface area contributed by atoms with E-state index in [-0.39, 0.29) is 18.0 Å². The number of hydrogen-bond donors (Lipinski definition) is 1. The number of fused-ring (bicyclic) bond motifs is 1. The first-order valence-electron chi connectivity index (χ1n) is 12.3. The predicted octanol–water partition coefficient (Wildman–Crippen LogP) is 6.75. The van der Waals surface area contributed by atoms with Crippen molar-refractivity contribution in [1.82, 2.24) is 0 Å². The molecule has 34 heavy (non-hydrogen) atoms. The minimum atomic E-state index is -0.699. The first-order valence-corrected chi connectivity index (χ1v) is 12.3. The van der Waals surface area contributed by atoms with Gasteiger partial charge in [0.2, 0.25) is 0 Å². The Balaban J connectivity index is 1.21. The van der Waals surface area contributed by atoms with E-state index in [0.29, 0.717) is 43.1 Å². The largest absolute Gasteiger partial charge is 0.481 e. The summed E-state index contributed by atoms with van der Waals surface area (Å²) in [5, 5.41) is 11.1. The van der Waals surface area contributed by atoms with Gasteiger partial charge in [0.05, 0.1) is 0 Å². The number of carboxylic acids is 1. The monoisotopic (exact) mass is 456 g/mol. The highest BCUT2D eigenvalue weighted by Gasteiger charge is 2.24. The van der Waals surface area contributed by atoms with Crippen LogP contribution in [0.2, 0.25) is 0 Å². The zero-order valence-corrected chi connectivity index (χ0v) is 19.5. The fraction of sp³-hybridized carbons (Fsp3) is 0.367. The van der Waals surface area contributed by atoms with Crippen LogP contribution >= 0.6 is 0 Å². The molecule has 1 fully saturated rings. The van der Waals surface area contributed by atoms with Gasteiger partial charge in [-0.05, 0) is 71.9 Å². The van der Waals surface area contributed by atoms with Gasteiger partial charge in [-0.1, -0.05) is 60.7 Å². The van der Waals surface area contributed by atoms with Gasteiger partial charge in [-0.15, -0.1) is 0 Å². The van der Waals surface area contributed by atoms with Gasteiger partial charge in [-0.2, -0.15) is 0 Å². The maximum Gasteiger partial charge on any atom is 0.303 e. The lowest BCUT2D eigenvalue weighted by molar-refractivity contribution is -0.138. The van der Waals surface area contributed by atoms with Crippen molar-refractivity contribution in [3.05, 3.63) is 83.4 Å². The fourth-order valence-corrected chi connectivity index (χ4v) is 5.12. The quantitative estimate of drug-likeness (QED) is 0.342. The van der Waals surface area contributed by atoms with Crippen molar-refractivity contribution in [2.24, 2.45) is 5.92 Å². The molecule has 4 rings (SSSR count). The van der Waals surface area contributed by atoms with Crippen molar-refractivity contribution in [1.29, 1.82) is 0 Å². The highest BCUT2D eigenvalue weighted by atomic mass is 16.4. The molecule has 0 atom stereocenters. The van der Waals surface area contributed by atoms with E-state index in [9.17, 15) is 14.4 Å². The molecule has 0 amide bonds. The second kappa shape index (κ2) is 11.2. The van der Waals surface area contributed by atoms with Gasteiger partial charge in [-0.25, -0.2) is 0 Å². The Labute approximate surface area is 201 Å². The summed E-state index contributed by atoms with van der Waals surface area (Å²) in [6.45, 7) is 0. The van der Waals surface area contributed by atoms with Crippen LogP contribution in [0, 0.1) is 5.92 Å². The number of hydrogen-bond acceptors (Lipinski definition) is 3. The first kappa shape index (κ1) is 23.9. The van der Waals surface area contributed by atoms with Crippen molar-refractivity contribution in [3.8, 4) is 0 Å². The normalized spacial score (nSPS) is 18.0. The standard InChI is InChI=1S/C30H32O4/c31-28(6-3-7-29(32)27-17-16-23-4-1-2-5-26(23)20-27)18-21-8-12-24(13-9-21)25-14-10-22(11-15-25)19-30(33)34/h1-2,4-5,8-9,12-13,16-17,20,22,25H,3,6-7,10-11,14-15,18-19H2,(H,33,34). The number of rotatable bonds is 10. The third-order valence-electron chi connectivity index (χ3n) is 7.09. The van der Waals surface area contributed by atoms with Crippen molar-refractivity contribution >= 4 is 28.3 Å². The lowest BCUT2D eigenvalue weighted by Crippen LogP contribution is -2.16. The number of aliphatic carboxylic acids is 1. The highest BCUT2D eigenvalue weighted by Crippen LogP contribution is 2.37. The van der Waals surface area contributed by atoms with Crippen LogP contribution in [0.1, 0.15) is 78.8 Å². The van der Waals surface area contributed by atoms with Gasteiger partial charge in [-0.3, -0.25) is 14.4 Å². The lowest BCUT2D eigenvalue weighted by atomic mass is 9.77. The molecule has 0 bridgehead atoms. The zero-order valence-electron chi connectivity index (χ0n) is 19.5. The lowest BCUT2D eigenvalue weighted by Gasteiger charge is -2.28. The van der Waals surface area contributed by atoms with Gasteiger partial charge in [0.25, 0.3) is 0 Å². The Morgan fingerprint density at radius 1 is 0.794 bits per heavy atom. The Hall–Kier alpha value is -3.27. The van der Waals surface area contributed by atoms with Gasteiger partial charge in [0.15, 0.2) is 5.78 Å². The predicted molar refractivity (Wildman–Crippen MR) is 134 cm³/mol. The molecule has 1 aliphatic carbocycles. The molecule has 0 saturated heterocycles. The summed E-state index contributed by atoms with van der Waals surface area (Å²) in [7, 11) is 0. The van der Waals surface area contributed by atoms with Crippen LogP contribution in [-0.4, -0.2) is 22.6 Å². The number of carbonyl (C=O) groups is 3. The number of carbonyl (C=O) groups excluding carboxylic acids is 2. The molecule has 176 valence electrons. The van der Waals surface area contributed by atoms with E-state index in [1.807, 2.05) is 54.6 Å². The Morgan fingerprint density at radius 2 is 1.50 bits per heavy atom. The SMILES string of the molecule is O=C(O)CC1CCC(c2ccc(CC(=O)CCCC(=O)c3ccc4ccccc4c3)cc2)CC1. The summed E-state index contributed by atoms with van der Waals surface area (Å²) in [6.07, 6.45) is 6.04. The molecule has 0 spiro atoms. The third-order valence-corrected chi connectivity index (χ3v) is 7.09. The van der Waals surface area contributed by atoms with Crippen LogP contribution in [0.25, 0.3) is 10.8 Å². The van der Waals surface area contributed by atoms with Crippen LogP contribution in [0.3, 0.4) is 0 Å². The second-order valence-corrected chi connectivity index (χ2v) is 9.61. The van der Waals surface area contributed by atoms with Crippen LogP contribution in [-0.2, 0) is 16.0 Å². The highest BCUT2D eigenvalue weighted by molar-refractivity contribution is 6.00. The van der Waals surface area contributed by atoms with E-state index in [4.69, 9.17) is 5.11 Å². The summed E-state index contributed by atoms with van der Waals surface area (Å²) in [6, 6.07) is 22.1. The van der Waals surface area contributed by atoms with Crippen LogP contribution in [0.15, 0.2) is 66.7 Å². The van der Waals surface area contributed by atoms with Gasteiger partial charge >= 0.3 is 5.97 Å². The molecule has 0 aliphatic heterocycles. The minimum Gasteiger partial charge on any atom is -0.481 e. The maximum absolute atomic E-state index is 12.5. The number of Topliss-reactive ketones (excluding diaryl/α,β-unsaturated/α-hetero) is 2. The summed E-state index contributed by atoms with van der Waals surface area (Å²) in [4.78, 5) is 35.9. The first-order chi connectivity index (χ1) is 16.5. The molecule has 3 aromatic carbocycles. The van der Waals surface area contributed by atoms with Crippen molar-refractivity contribution < 1.29 is 19.5 Å². The van der Waals surface area contributed by atoms with Crippen molar-refractivity contribution in [2.75, 3.05) is 0 Å². The summed E-state index contributed by atoms with van der Waals surface area (Å²) in [5.41, 5.74) is 3.00. The molecule has 4 nitrogen and oxygen atoms in total. The molecule has 4 heteroatoms. The van der Waals surface area contributed by atoms with Gasteiger partial charge < -0.3 is 5.11 Å². The van der Waals surface area contributed by atoms with E-state index in [2.05, 4.69) is 12.1 Å². The number of benzene rings is 3. The van der Waals surface area contributed by atoms with Crippen molar-refractivity contribution in [2.45, 2.75) is 63.7 Å². The second-order valence-electron chi connectivity index (χ2n) is 9.61. The van der Waals surface area contributed by atoms with Crippen LogP contribution in [0.4, 0.5) is 0 Å². The Morgan fingerprint density at radius 3 is 2.21 bits per heavy atom. The Kier molecular flexibility index (Phi) is 7.89. The molecule has 3 aromatic rings. The van der Waals surface area contributed by atoms with E-state index in [1.54, 1.807) is 0 Å². The van der Waals surface area contributed by atoms with E-state index >= 15 is 0 Å². The maximum atomic E-state index is 12.5. The van der Waals surface area contributed by atoms with E-state index < -0.39 is 5.97 Å². The molecule has 0 unspecified atom stereocenters. The van der Waals surface area contributed by atoms with E-state index in [0.717, 1.165) is 42.0 Å². The average molecular weight is 457 g/mol. The third kappa shape index (κ3) is 6.40. The average Bonchev–Trinajstić information content (AvgIpc) is 2.84. The fourth-order valence-electron chi connectivity index (χ4n) is 5.12. The minimum absolute atomic E-state index is 0.0842. The molecule has 0 radical (unpaired) electrons. The molecular weight excluding hydrogens is 424 g/mol. The summed E-state index contributed by atoms with van der Waals surface area (Å²) >= 11 is 0. The van der Waals surface area contributed by atoms with Crippen LogP contribution < -0.4 is 0 Å². The van der Waals surface area contributed by atoms with E-state index in [1.165, 1.54) is 5.56 Å². The number of ketones is 2. The van der Waals surface area contributed by atoms with Gasteiger partial charge in [0.1, 0.15) is 5.78 Å². The molecule has 1 saturated carbocycles. The molecule has 1 aliphatic rings. The topological polar surface area (TPSA) is 71.4 Å². The van der Waals surface area contributed by atoms with Crippen LogP contribution in [0.5, 0.6) is 0 Å². The smallest absolute Gasteiger partial charge is 0.303 e. The van der Waals surface area contributed by atoms with Gasteiger partial charge in [0, 0.05) is 31.2 Å². The molecule has 0 heterocycles. The summed E-state index contributed by atoms with van der Waals surface area (Å²) in [5.74, 6) is 0.333. The Bertz CT molecular complexity index is 1150. The molecule has 0 aromatic heterocycles. The number of carboxylic acid groups (broad SMARTS) is 1.